The van der Waals surface area contributed by atoms with E-state index >= 15 is 0 Å². The summed E-state index contributed by atoms with van der Waals surface area (Å²) in [6.07, 6.45) is 1.24. The first kappa shape index (κ1) is 17.5. The quantitative estimate of drug-likeness (QED) is 0.634. The number of carbonyl (C=O) groups is 1. The molecule has 0 unspecified atom stereocenters. The van der Waals surface area contributed by atoms with E-state index in [1.54, 1.807) is 0 Å². The summed E-state index contributed by atoms with van der Waals surface area (Å²) in [5.74, 6) is -0.175. The molecule has 0 saturated carbocycles. The van der Waals surface area contributed by atoms with Crippen molar-refractivity contribution in [1.29, 1.82) is 0 Å². The average Bonchev–Trinajstić information content (AvgIpc) is 2.66. The summed E-state index contributed by atoms with van der Waals surface area (Å²) in [6, 6.07) is 25.3. The van der Waals surface area contributed by atoms with E-state index in [4.69, 9.17) is 4.74 Å². The van der Waals surface area contributed by atoms with Gasteiger partial charge in [0.25, 0.3) is 0 Å². The summed E-state index contributed by atoms with van der Waals surface area (Å²) in [5, 5.41) is 9.24. The van der Waals surface area contributed by atoms with Gasteiger partial charge >= 0.3 is 5.97 Å². The van der Waals surface area contributed by atoms with Crippen LogP contribution in [-0.2, 0) is 11.4 Å². The van der Waals surface area contributed by atoms with Crippen LogP contribution in [0.1, 0.15) is 22.3 Å². The second-order valence-corrected chi connectivity index (χ2v) is 6.02. The highest BCUT2D eigenvalue weighted by atomic mass is 16.5. The first-order chi connectivity index (χ1) is 12.6. The summed E-state index contributed by atoms with van der Waals surface area (Å²) in [6.45, 7) is 2.46. The van der Waals surface area contributed by atoms with Crippen LogP contribution in [0.25, 0.3) is 5.57 Å². The molecule has 0 spiro atoms. The fourth-order valence-electron chi connectivity index (χ4n) is 2.79. The number of hydrogen-bond donors (Lipinski definition) is 1. The zero-order chi connectivity index (χ0) is 18.4. The number of aryl methyl sites for hydroxylation is 1. The van der Waals surface area contributed by atoms with Crippen molar-refractivity contribution in [3.63, 3.8) is 0 Å². The Kier molecular flexibility index (Phi) is 5.49. The minimum atomic E-state index is -0.967. The number of benzene rings is 3. The number of carboxylic acid groups (broad SMARTS) is 1. The molecule has 0 amide bonds. The Labute approximate surface area is 153 Å². The van der Waals surface area contributed by atoms with Gasteiger partial charge in [-0.05, 0) is 46.9 Å². The van der Waals surface area contributed by atoms with Crippen LogP contribution in [0.15, 0.2) is 84.9 Å². The molecule has 1 N–H and O–H groups in total. The smallest absolute Gasteiger partial charge is 0.328 e. The predicted molar refractivity (Wildman–Crippen MR) is 103 cm³/mol. The van der Waals surface area contributed by atoms with Crippen LogP contribution in [0.2, 0.25) is 0 Å². The third-order valence-corrected chi connectivity index (χ3v) is 4.08. The molecule has 0 aromatic heterocycles. The first-order valence-corrected chi connectivity index (χ1v) is 8.41. The van der Waals surface area contributed by atoms with Crippen LogP contribution in [-0.4, -0.2) is 11.1 Å². The molecule has 0 radical (unpaired) electrons. The Morgan fingerprint density at radius 3 is 2.19 bits per heavy atom. The van der Waals surface area contributed by atoms with Gasteiger partial charge in [0.05, 0.1) is 0 Å². The fraction of sp³-hybridized carbons (Fsp3) is 0.0870. The summed E-state index contributed by atoms with van der Waals surface area (Å²) in [7, 11) is 0. The van der Waals surface area contributed by atoms with Crippen molar-refractivity contribution in [1.82, 2.24) is 0 Å². The topological polar surface area (TPSA) is 46.5 Å². The maximum Gasteiger partial charge on any atom is 0.328 e. The molecule has 0 aliphatic heterocycles. The molecule has 3 heteroatoms. The van der Waals surface area contributed by atoms with Crippen LogP contribution in [0.5, 0.6) is 5.75 Å². The Bertz CT molecular complexity index is 913. The van der Waals surface area contributed by atoms with E-state index in [1.807, 2.05) is 85.8 Å². The van der Waals surface area contributed by atoms with Gasteiger partial charge in [-0.1, -0.05) is 66.7 Å². The van der Waals surface area contributed by atoms with Crippen LogP contribution in [0.3, 0.4) is 0 Å². The van der Waals surface area contributed by atoms with Crippen molar-refractivity contribution in [2.75, 3.05) is 0 Å². The van der Waals surface area contributed by atoms with Crippen molar-refractivity contribution < 1.29 is 14.6 Å². The van der Waals surface area contributed by atoms with Gasteiger partial charge in [-0.25, -0.2) is 4.79 Å². The molecule has 3 aromatic rings. The SMILES string of the molecule is Cc1cc(/C(=C/C(=O)O)c2ccccc2)ccc1OCc1ccccc1. The van der Waals surface area contributed by atoms with Crippen LogP contribution in [0.4, 0.5) is 0 Å². The van der Waals surface area contributed by atoms with Crippen LogP contribution in [0, 0.1) is 6.92 Å². The lowest BCUT2D eigenvalue weighted by Gasteiger charge is -2.13. The summed E-state index contributed by atoms with van der Waals surface area (Å²) in [4.78, 5) is 11.3. The molecule has 3 rings (SSSR count). The first-order valence-electron chi connectivity index (χ1n) is 8.41. The zero-order valence-electron chi connectivity index (χ0n) is 14.6. The van der Waals surface area contributed by atoms with Crippen molar-refractivity contribution in [3.8, 4) is 5.75 Å². The minimum Gasteiger partial charge on any atom is -0.489 e. The lowest BCUT2D eigenvalue weighted by molar-refractivity contribution is -0.131. The molecule has 26 heavy (non-hydrogen) atoms. The van der Waals surface area contributed by atoms with Gasteiger partial charge in [-0.2, -0.15) is 0 Å². The number of carboxylic acids is 1. The molecule has 0 atom stereocenters. The van der Waals surface area contributed by atoms with Crippen molar-refractivity contribution in [2.24, 2.45) is 0 Å². The van der Waals surface area contributed by atoms with Crippen molar-refractivity contribution >= 4 is 11.5 Å². The van der Waals surface area contributed by atoms with Crippen molar-refractivity contribution in [2.45, 2.75) is 13.5 Å². The Hall–Kier alpha value is -3.33. The molecule has 0 aliphatic rings. The minimum absolute atomic E-state index is 0.498. The average molecular weight is 344 g/mol. The maximum atomic E-state index is 11.3. The number of aliphatic carboxylic acids is 1. The van der Waals surface area contributed by atoms with E-state index in [-0.39, 0.29) is 0 Å². The number of hydrogen-bond acceptors (Lipinski definition) is 2. The van der Waals surface area contributed by atoms with Crippen LogP contribution < -0.4 is 4.74 Å². The van der Waals surface area contributed by atoms with E-state index in [2.05, 4.69) is 0 Å². The fourth-order valence-corrected chi connectivity index (χ4v) is 2.79. The molecular formula is C23H20O3. The highest BCUT2D eigenvalue weighted by Crippen LogP contribution is 2.28. The summed E-state index contributed by atoms with van der Waals surface area (Å²) < 4.78 is 5.91. The number of ether oxygens (including phenoxy) is 1. The van der Waals surface area contributed by atoms with Gasteiger partial charge in [-0.3, -0.25) is 0 Å². The van der Waals surface area contributed by atoms with E-state index in [1.165, 1.54) is 6.08 Å². The van der Waals surface area contributed by atoms with E-state index < -0.39 is 5.97 Å². The summed E-state index contributed by atoms with van der Waals surface area (Å²) in [5.41, 5.74) is 4.46. The third-order valence-electron chi connectivity index (χ3n) is 4.08. The van der Waals surface area contributed by atoms with Gasteiger partial charge in [0.1, 0.15) is 12.4 Å². The molecule has 3 nitrogen and oxygen atoms in total. The second-order valence-electron chi connectivity index (χ2n) is 6.02. The Morgan fingerprint density at radius 1 is 0.923 bits per heavy atom. The van der Waals surface area contributed by atoms with Crippen LogP contribution >= 0.6 is 0 Å². The molecule has 0 aliphatic carbocycles. The van der Waals surface area contributed by atoms with Crippen molar-refractivity contribution in [3.05, 3.63) is 107 Å². The molecule has 0 saturated heterocycles. The molecule has 0 heterocycles. The third kappa shape index (κ3) is 4.39. The number of rotatable bonds is 6. The monoisotopic (exact) mass is 344 g/mol. The zero-order valence-corrected chi connectivity index (χ0v) is 14.6. The lowest BCUT2D eigenvalue weighted by Crippen LogP contribution is -1.99. The molecule has 130 valence electrons. The van der Waals surface area contributed by atoms with E-state index in [9.17, 15) is 9.90 Å². The van der Waals surface area contributed by atoms with Gasteiger partial charge < -0.3 is 9.84 Å². The van der Waals surface area contributed by atoms with Gasteiger partial charge in [0, 0.05) is 6.08 Å². The normalized spacial score (nSPS) is 11.2. The highest BCUT2D eigenvalue weighted by molar-refractivity contribution is 5.95. The van der Waals surface area contributed by atoms with E-state index in [0.717, 1.165) is 28.0 Å². The second kappa shape index (κ2) is 8.17. The van der Waals surface area contributed by atoms with Gasteiger partial charge in [-0.15, -0.1) is 0 Å². The lowest BCUT2D eigenvalue weighted by atomic mass is 9.96. The van der Waals surface area contributed by atoms with E-state index in [0.29, 0.717) is 12.2 Å². The molecular weight excluding hydrogens is 324 g/mol. The maximum absolute atomic E-state index is 11.3. The Morgan fingerprint density at radius 2 is 1.58 bits per heavy atom. The Balaban J connectivity index is 1.86. The summed E-state index contributed by atoms with van der Waals surface area (Å²) >= 11 is 0. The standard InChI is InChI=1S/C23H20O3/c1-17-14-20(21(15-23(24)25)19-10-6-3-7-11-19)12-13-22(17)26-16-18-8-4-2-5-9-18/h2-15H,16H2,1H3,(H,24,25)/b21-15+. The molecule has 0 bridgehead atoms. The predicted octanol–water partition coefficient (Wildman–Crippen LogP) is 5.09. The molecule has 3 aromatic carbocycles. The van der Waals surface area contributed by atoms with Gasteiger partial charge in [0.15, 0.2) is 0 Å². The highest BCUT2D eigenvalue weighted by Gasteiger charge is 2.10. The van der Waals surface area contributed by atoms with Gasteiger partial charge in [0.2, 0.25) is 0 Å². The molecule has 0 fully saturated rings. The largest absolute Gasteiger partial charge is 0.489 e.